The average Bonchev–Trinajstić information content (AvgIpc) is 2.78. The van der Waals surface area contributed by atoms with Crippen molar-refractivity contribution < 1.29 is 31.2 Å². The van der Waals surface area contributed by atoms with Crippen LogP contribution >= 0.6 is 11.6 Å². The number of aryl methyl sites for hydroxylation is 1. The number of nitrogens with zero attached hydrogens (tertiary/aromatic N) is 2. The van der Waals surface area contributed by atoms with E-state index < -0.39 is 51.2 Å². The van der Waals surface area contributed by atoms with E-state index in [1.54, 1.807) is 12.1 Å². The van der Waals surface area contributed by atoms with Crippen LogP contribution in [0.15, 0.2) is 42.5 Å². The molecule has 7 nitrogen and oxygen atoms in total. The largest absolute Gasteiger partial charge is 0.417 e. The standard InChI is InChI=1S/C25H31ClF3N3O4S/c1-16(2)13-30-24(34)18(4)31(14-19-9-7-6-8-17(19)3)23(33)15-32(37(5,35)36)20-10-11-22(26)21(12-20)25(27,28)29/h6-12,16,18H,13-15H2,1-5H3,(H,30,34)/t18-/m0/s1. The third-order valence-electron chi connectivity index (χ3n) is 5.68. The van der Waals surface area contributed by atoms with Gasteiger partial charge in [0.25, 0.3) is 0 Å². The maximum atomic E-state index is 13.5. The number of carbonyl (C=O) groups excluding carboxylic acids is 2. The lowest BCUT2D eigenvalue weighted by atomic mass is 10.1. The molecular formula is C25H31ClF3N3O4S. The number of benzene rings is 2. The van der Waals surface area contributed by atoms with Crippen LogP contribution < -0.4 is 9.62 Å². The van der Waals surface area contributed by atoms with Crippen LogP contribution in [-0.4, -0.2) is 50.5 Å². The smallest absolute Gasteiger partial charge is 0.354 e. The Hall–Kier alpha value is -2.79. The van der Waals surface area contributed by atoms with Crippen molar-refractivity contribution in [3.8, 4) is 0 Å². The number of halogens is 4. The molecule has 0 bridgehead atoms. The fourth-order valence-electron chi connectivity index (χ4n) is 3.51. The third-order valence-corrected chi connectivity index (χ3v) is 7.15. The first-order chi connectivity index (χ1) is 17.0. The molecule has 0 aliphatic heterocycles. The number of carbonyl (C=O) groups is 2. The lowest BCUT2D eigenvalue weighted by molar-refractivity contribution is -0.139. The molecule has 0 aliphatic rings. The van der Waals surface area contributed by atoms with E-state index in [1.165, 1.54) is 11.8 Å². The van der Waals surface area contributed by atoms with Crippen molar-refractivity contribution in [2.24, 2.45) is 5.92 Å². The SMILES string of the molecule is Cc1ccccc1CN(C(=O)CN(c1ccc(Cl)c(C(F)(F)F)c1)S(C)(=O)=O)[C@@H](C)C(=O)NCC(C)C. The molecule has 0 heterocycles. The van der Waals surface area contributed by atoms with Crippen molar-refractivity contribution in [2.75, 3.05) is 23.7 Å². The number of hydrogen-bond donors (Lipinski definition) is 1. The van der Waals surface area contributed by atoms with Gasteiger partial charge in [-0.05, 0) is 49.1 Å². The van der Waals surface area contributed by atoms with Gasteiger partial charge in [0.1, 0.15) is 12.6 Å². The maximum Gasteiger partial charge on any atom is 0.417 e. The van der Waals surface area contributed by atoms with E-state index in [0.717, 1.165) is 29.5 Å². The van der Waals surface area contributed by atoms with Crippen molar-refractivity contribution in [3.05, 3.63) is 64.2 Å². The van der Waals surface area contributed by atoms with Crippen LogP contribution in [0.3, 0.4) is 0 Å². The van der Waals surface area contributed by atoms with Crippen molar-refractivity contribution in [3.63, 3.8) is 0 Å². The number of hydrogen-bond acceptors (Lipinski definition) is 4. The van der Waals surface area contributed by atoms with Gasteiger partial charge in [0.2, 0.25) is 21.8 Å². The molecule has 37 heavy (non-hydrogen) atoms. The summed E-state index contributed by atoms with van der Waals surface area (Å²) in [7, 11) is -4.20. The van der Waals surface area contributed by atoms with E-state index in [0.29, 0.717) is 16.9 Å². The molecule has 0 unspecified atom stereocenters. The van der Waals surface area contributed by atoms with E-state index >= 15 is 0 Å². The number of amides is 2. The molecule has 2 amide bonds. The molecule has 0 saturated heterocycles. The first kappa shape index (κ1) is 30.4. The van der Waals surface area contributed by atoms with Crippen LogP contribution in [0.5, 0.6) is 0 Å². The number of anilines is 1. The van der Waals surface area contributed by atoms with Crippen LogP contribution in [0.1, 0.15) is 37.5 Å². The van der Waals surface area contributed by atoms with E-state index in [1.807, 2.05) is 32.9 Å². The van der Waals surface area contributed by atoms with E-state index in [9.17, 15) is 31.2 Å². The molecule has 1 N–H and O–H groups in total. The Balaban J connectivity index is 2.47. The normalized spacial score (nSPS) is 12.8. The van der Waals surface area contributed by atoms with Crippen molar-refractivity contribution in [1.29, 1.82) is 0 Å². The molecule has 1 atom stereocenters. The van der Waals surface area contributed by atoms with Crippen LogP contribution in [0.2, 0.25) is 5.02 Å². The number of sulfonamides is 1. The summed E-state index contributed by atoms with van der Waals surface area (Å²) in [5, 5.41) is 2.15. The predicted octanol–water partition coefficient (Wildman–Crippen LogP) is 4.62. The first-order valence-corrected chi connectivity index (χ1v) is 13.7. The Morgan fingerprint density at radius 3 is 2.24 bits per heavy atom. The summed E-state index contributed by atoms with van der Waals surface area (Å²) in [6, 6.07) is 8.81. The minimum Gasteiger partial charge on any atom is -0.354 e. The van der Waals surface area contributed by atoms with Gasteiger partial charge in [0, 0.05) is 13.1 Å². The van der Waals surface area contributed by atoms with Crippen molar-refractivity contribution in [1.82, 2.24) is 10.2 Å². The van der Waals surface area contributed by atoms with Crippen LogP contribution in [0.25, 0.3) is 0 Å². The van der Waals surface area contributed by atoms with Crippen LogP contribution in [0.4, 0.5) is 18.9 Å². The van der Waals surface area contributed by atoms with Gasteiger partial charge in [0.15, 0.2) is 0 Å². The number of alkyl halides is 3. The van der Waals surface area contributed by atoms with Gasteiger partial charge in [-0.1, -0.05) is 49.7 Å². The molecule has 0 aliphatic carbocycles. The molecule has 2 aromatic rings. The average molecular weight is 562 g/mol. The lowest BCUT2D eigenvalue weighted by Gasteiger charge is -2.32. The predicted molar refractivity (Wildman–Crippen MR) is 138 cm³/mol. The third kappa shape index (κ3) is 8.36. The zero-order valence-corrected chi connectivity index (χ0v) is 22.8. The molecule has 2 rings (SSSR count). The summed E-state index contributed by atoms with van der Waals surface area (Å²) in [5.74, 6) is -1.04. The van der Waals surface area contributed by atoms with E-state index in [2.05, 4.69) is 5.32 Å². The second-order valence-corrected chi connectivity index (χ2v) is 11.5. The Kier molecular flexibility index (Phi) is 10.0. The summed E-state index contributed by atoms with van der Waals surface area (Å²) >= 11 is 5.68. The van der Waals surface area contributed by atoms with Crippen molar-refractivity contribution >= 4 is 39.1 Å². The minimum atomic E-state index is -4.83. The fourth-order valence-corrected chi connectivity index (χ4v) is 4.57. The van der Waals surface area contributed by atoms with E-state index in [-0.39, 0.29) is 18.2 Å². The monoisotopic (exact) mass is 561 g/mol. The topological polar surface area (TPSA) is 86.8 Å². The molecule has 2 aromatic carbocycles. The molecule has 0 saturated carbocycles. The van der Waals surface area contributed by atoms with Crippen molar-refractivity contribution in [2.45, 2.75) is 46.5 Å². The first-order valence-electron chi connectivity index (χ1n) is 11.5. The molecule has 12 heteroatoms. The highest BCUT2D eigenvalue weighted by Crippen LogP contribution is 2.37. The highest BCUT2D eigenvalue weighted by molar-refractivity contribution is 7.92. The zero-order valence-electron chi connectivity index (χ0n) is 21.3. The summed E-state index contributed by atoms with van der Waals surface area (Å²) in [5.41, 5.74) is -0.0232. The van der Waals surface area contributed by atoms with Gasteiger partial charge < -0.3 is 10.2 Å². The van der Waals surface area contributed by atoms with Crippen LogP contribution in [-0.2, 0) is 32.3 Å². The van der Waals surface area contributed by atoms with Gasteiger partial charge >= 0.3 is 6.18 Å². The zero-order chi connectivity index (χ0) is 28.1. The molecule has 0 fully saturated rings. The van der Waals surface area contributed by atoms with Gasteiger partial charge in [-0.25, -0.2) is 8.42 Å². The van der Waals surface area contributed by atoms with Gasteiger partial charge in [0.05, 0.1) is 22.5 Å². The summed E-state index contributed by atoms with van der Waals surface area (Å²) in [6.07, 6.45) is -4.05. The minimum absolute atomic E-state index is 0.00616. The Morgan fingerprint density at radius 1 is 1.08 bits per heavy atom. The Labute approximate surface area is 220 Å². The fraction of sp³-hybridized carbons (Fsp3) is 0.440. The van der Waals surface area contributed by atoms with Gasteiger partial charge in [-0.15, -0.1) is 0 Å². The quantitative estimate of drug-likeness (QED) is 0.458. The highest BCUT2D eigenvalue weighted by atomic mass is 35.5. The van der Waals surface area contributed by atoms with Crippen LogP contribution in [0, 0.1) is 12.8 Å². The summed E-state index contributed by atoms with van der Waals surface area (Å²) in [6.45, 7) is 6.71. The second kappa shape index (κ2) is 12.2. The molecule has 0 aromatic heterocycles. The molecule has 204 valence electrons. The van der Waals surface area contributed by atoms with Gasteiger partial charge in [-0.2, -0.15) is 13.2 Å². The Bertz CT molecular complexity index is 1240. The summed E-state index contributed by atoms with van der Waals surface area (Å²) < 4.78 is 66.0. The Morgan fingerprint density at radius 2 is 1.70 bits per heavy atom. The number of rotatable bonds is 10. The van der Waals surface area contributed by atoms with E-state index in [4.69, 9.17) is 11.6 Å². The number of nitrogens with one attached hydrogen (secondary N) is 1. The molecular weight excluding hydrogens is 531 g/mol. The lowest BCUT2D eigenvalue weighted by Crippen LogP contribution is -2.51. The maximum absolute atomic E-state index is 13.5. The second-order valence-electron chi connectivity index (χ2n) is 9.19. The van der Waals surface area contributed by atoms with Gasteiger partial charge in [-0.3, -0.25) is 13.9 Å². The molecule has 0 radical (unpaired) electrons. The summed E-state index contributed by atoms with van der Waals surface area (Å²) in [4.78, 5) is 27.6. The molecule has 0 spiro atoms. The highest BCUT2D eigenvalue weighted by Gasteiger charge is 2.35.